The first-order valence-electron chi connectivity index (χ1n) is 3.08. The minimum atomic E-state index is -2.57. The summed E-state index contributed by atoms with van der Waals surface area (Å²) in [6.45, 7) is 0. The number of rotatable bonds is 2. The second-order valence-electron chi connectivity index (χ2n) is 2.05. The molecule has 0 aliphatic rings. The van der Waals surface area contributed by atoms with Crippen LogP contribution < -0.4 is 0 Å². The van der Waals surface area contributed by atoms with Crippen LogP contribution in [0.2, 0.25) is 0 Å². The highest BCUT2D eigenvalue weighted by Crippen LogP contribution is 2.20. The van der Waals surface area contributed by atoms with Gasteiger partial charge in [0.1, 0.15) is 0 Å². The van der Waals surface area contributed by atoms with E-state index in [0.29, 0.717) is 6.29 Å². The third kappa shape index (κ3) is 2.12. The number of carbonyl (C=O) groups is 1. The molecular weight excluding hydrogens is 162 g/mol. The Kier molecular flexibility index (Phi) is 4.11. The Balaban J connectivity index is 0.00000121. The zero-order valence-corrected chi connectivity index (χ0v) is 5.63. The van der Waals surface area contributed by atoms with Gasteiger partial charge in [-0.05, 0) is 0 Å². The molecule has 0 saturated heterocycles. The summed E-state index contributed by atoms with van der Waals surface area (Å²) in [4.78, 5) is 10.2. The Hall–Kier alpha value is -1.25. The quantitative estimate of drug-likeness (QED) is 0.626. The van der Waals surface area contributed by atoms with Crippen molar-refractivity contribution in [2.45, 2.75) is 13.9 Å². The maximum absolute atomic E-state index is 12.1. The summed E-state index contributed by atoms with van der Waals surface area (Å²) in [6.07, 6.45) is -2.14. The fourth-order valence-electron chi connectivity index (χ4n) is 0.817. The first kappa shape index (κ1) is 10.8. The number of hydrogen-bond donors (Lipinski definition) is 0. The van der Waals surface area contributed by atoms with E-state index in [1.165, 1.54) is 18.2 Å². The van der Waals surface area contributed by atoms with Gasteiger partial charge in [0, 0.05) is 11.1 Å². The summed E-state index contributed by atoms with van der Waals surface area (Å²) in [5, 5.41) is 0. The summed E-state index contributed by atoms with van der Waals surface area (Å²) < 4.78 is 24.1. The van der Waals surface area contributed by atoms with Gasteiger partial charge in [0.25, 0.3) is 6.43 Å². The first-order chi connectivity index (χ1) is 5.25. The third-order valence-electron chi connectivity index (χ3n) is 1.36. The molecule has 0 spiro atoms. The summed E-state index contributed by atoms with van der Waals surface area (Å²) in [5.41, 5.74) is -0.148. The van der Waals surface area contributed by atoms with Crippen LogP contribution >= 0.6 is 0 Å². The van der Waals surface area contributed by atoms with Crippen molar-refractivity contribution < 1.29 is 13.6 Å². The molecule has 0 amide bonds. The molecule has 0 N–H and O–H groups in total. The lowest BCUT2D eigenvalue weighted by Crippen LogP contribution is -1.91. The number of hydrogen-bond acceptors (Lipinski definition) is 1. The maximum Gasteiger partial charge on any atom is 0.264 e. The molecule has 0 heterocycles. The molecule has 0 aliphatic heterocycles. The number of benzene rings is 1. The molecule has 0 saturated carbocycles. The molecule has 0 bridgehead atoms. The van der Waals surface area contributed by atoms with Crippen LogP contribution in [0.15, 0.2) is 24.3 Å². The molecule has 12 heavy (non-hydrogen) atoms. The molecule has 0 unspecified atom stereocenters. The van der Waals surface area contributed by atoms with Crippen molar-refractivity contribution in [1.82, 2.24) is 0 Å². The van der Waals surface area contributed by atoms with E-state index in [4.69, 9.17) is 0 Å². The lowest BCUT2D eigenvalue weighted by Gasteiger charge is -2.00. The van der Waals surface area contributed by atoms with Crippen molar-refractivity contribution in [1.29, 1.82) is 0 Å². The number of halogens is 2. The number of alkyl halides is 2. The lowest BCUT2D eigenvalue weighted by molar-refractivity contribution is 0.110. The molecule has 0 fully saturated rings. The highest BCUT2D eigenvalue weighted by atomic mass is 19.3. The largest absolute Gasteiger partial charge is 0.298 e. The van der Waals surface area contributed by atoms with Gasteiger partial charge >= 0.3 is 0 Å². The monoisotopic (exact) mass is 172 g/mol. The van der Waals surface area contributed by atoms with Crippen LogP contribution in [0.5, 0.6) is 0 Å². The number of carbonyl (C=O) groups excluding carboxylic acids is 1. The Morgan fingerprint density at radius 3 is 2.25 bits per heavy atom. The van der Waals surface area contributed by atoms with Crippen molar-refractivity contribution >= 4 is 6.29 Å². The maximum atomic E-state index is 12.1. The second kappa shape index (κ2) is 4.59. The Bertz CT molecular complexity index is 258. The van der Waals surface area contributed by atoms with Crippen LogP contribution in [0.3, 0.4) is 0 Å². The molecule has 1 aromatic carbocycles. The van der Waals surface area contributed by atoms with E-state index in [9.17, 15) is 13.6 Å². The van der Waals surface area contributed by atoms with E-state index in [-0.39, 0.29) is 18.6 Å². The molecule has 1 aromatic rings. The highest BCUT2D eigenvalue weighted by Gasteiger charge is 2.10. The molecule has 0 aliphatic carbocycles. The minimum Gasteiger partial charge on any atom is -0.298 e. The molecule has 66 valence electrons. The van der Waals surface area contributed by atoms with Crippen LogP contribution in [0, 0.1) is 0 Å². The van der Waals surface area contributed by atoms with Gasteiger partial charge in [0.2, 0.25) is 0 Å². The van der Waals surface area contributed by atoms with Gasteiger partial charge in [0.05, 0.1) is 0 Å². The van der Waals surface area contributed by atoms with Gasteiger partial charge in [-0.3, -0.25) is 4.79 Å². The minimum absolute atomic E-state index is 0. The Labute approximate surface area is 70.0 Å². The fraction of sp³-hybridized carbons (Fsp3) is 0.222. The SMILES string of the molecule is C.O=Cc1ccccc1C(F)F. The van der Waals surface area contributed by atoms with Crippen LogP contribution in [0.4, 0.5) is 8.78 Å². The van der Waals surface area contributed by atoms with E-state index >= 15 is 0 Å². The summed E-state index contributed by atoms with van der Waals surface area (Å²) in [7, 11) is 0. The van der Waals surface area contributed by atoms with Gasteiger partial charge in [-0.25, -0.2) is 8.78 Å². The first-order valence-corrected chi connectivity index (χ1v) is 3.08. The normalized spacial score (nSPS) is 9.25. The van der Waals surface area contributed by atoms with Crippen molar-refractivity contribution in [2.75, 3.05) is 0 Å². The highest BCUT2D eigenvalue weighted by molar-refractivity contribution is 5.77. The van der Waals surface area contributed by atoms with Gasteiger partial charge in [-0.2, -0.15) is 0 Å². The van der Waals surface area contributed by atoms with E-state index in [1.807, 2.05) is 0 Å². The van der Waals surface area contributed by atoms with Crippen LogP contribution in [0.25, 0.3) is 0 Å². The molecule has 1 nitrogen and oxygen atoms in total. The second-order valence-corrected chi connectivity index (χ2v) is 2.05. The van der Waals surface area contributed by atoms with Crippen LogP contribution in [0.1, 0.15) is 29.8 Å². The lowest BCUT2D eigenvalue weighted by atomic mass is 10.1. The molecule has 0 aromatic heterocycles. The van der Waals surface area contributed by atoms with Gasteiger partial charge in [-0.15, -0.1) is 0 Å². The Morgan fingerprint density at radius 2 is 1.83 bits per heavy atom. The molecular formula is C9H10F2O. The van der Waals surface area contributed by atoms with Crippen LogP contribution in [-0.4, -0.2) is 6.29 Å². The zero-order valence-electron chi connectivity index (χ0n) is 5.63. The van der Waals surface area contributed by atoms with Crippen LogP contribution in [-0.2, 0) is 0 Å². The standard InChI is InChI=1S/C8H6F2O.CH4/c9-8(10)7-4-2-1-3-6(7)5-11;/h1-5,8H;1H4. The molecule has 0 radical (unpaired) electrons. The van der Waals surface area contributed by atoms with E-state index in [2.05, 4.69) is 0 Å². The van der Waals surface area contributed by atoms with Crippen molar-refractivity contribution in [3.05, 3.63) is 35.4 Å². The van der Waals surface area contributed by atoms with Gasteiger partial charge in [-0.1, -0.05) is 31.7 Å². The van der Waals surface area contributed by atoms with E-state index in [1.54, 1.807) is 6.07 Å². The Morgan fingerprint density at radius 1 is 1.25 bits per heavy atom. The molecule has 0 atom stereocenters. The van der Waals surface area contributed by atoms with Gasteiger partial charge in [0.15, 0.2) is 6.29 Å². The third-order valence-corrected chi connectivity index (χ3v) is 1.36. The van der Waals surface area contributed by atoms with Gasteiger partial charge < -0.3 is 0 Å². The summed E-state index contributed by atoms with van der Waals surface area (Å²) in [5.74, 6) is 0. The molecule has 1 rings (SSSR count). The smallest absolute Gasteiger partial charge is 0.264 e. The average molecular weight is 172 g/mol. The molecule has 3 heteroatoms. The van der Waals surface area contributed by atoms with E-state index < -0.39 is 6.43 Å². The van der Waals surface area contributed by atoms with Crippen molar-refractivity contribution in [3.8, 4) is 0 Å². The van der Waals surface area contributed by atoms with Crippen molar-refractivity contribution in [3.63, 3.8) is 0 Å². The predicted octanol–water partition coefficient (Wildman–Crippen LogP) is 3.07. The van der Waals surface area contributed by atoms with Crippen molar-refractivity contribution in [2.24, 2.45) is 0 Å². The zero-order chi connectivity index (χ0) is 8.27. The van der Waals surface area contributed by atoms with E-state index in [0.717, 1.165) is 0 Å². The fourth-order valence-corrected chi connectivity index (χ4v) is 0.817. The topological polar surface area (TPSA) is 17.1 Å². The number of aldehydes is 1. The predicted molar refractivity (Wildman–Crippen MR) is 43.5 cm³/mol. The average Bonchev–Trinajstić information content (AvgIpc) is 2.04. The summed E-state index contributed by atoms with van der Waals surface area (Å²) >= 11 is 0. The summed E-state index contributed by atoms with van der Waals surface area (Å²) in [6, 6.07) is 5.65.